The topological polar surface area (TPSA) is 61.0 Å². The molecule has 2 aromatic heterocycles. The van der Waals surface area contributed by atoms with Crippen molar-refractivity contribution in [1.29, 1.82) is 0 Å². The molecular formula is C13H17N3OS. The summed E-state index contributed by atoms with van der Waals surface area (Å²) < 4.78 is 5.95. The lowest BCUT2D eigenvalue weighted by molar-refractivity contribution is 0.0663. The summed E-state index contributed by atoms with van der Waals surface area (Å²) in [5, 5.41) is 1.05. The van der Waals surface area contributed by atoms with Crippen molar-refractivity contribution < 1.29 is 4.74 Å². The van der Waals surface area contributed by atoms with Crippen molar-refractivity contribution in [1.82, 2.24) is 9.97 Å². The summed E-state index contributed by atoms with van der Waals surface area (Å²) >= 11 is 1.72. The standard InChI is InChI=1S/C13H17N3OS/c1-2-10-5-11-12(15-7-16-13(11)18-10)17-9-3-8(4-9)6-14/h5,7-9H,2-4,6,14H2,1H3. The molecule has 0 bridgehead atoms. The van der Waals surface area contributed by atoms with Crippen LogP contribution in [-0.2, 0) is 6.42 Å². The van der Waals surface area contributed by atoms with E-state index in [1.165, 1.54) is 4.88 Å². The second-order valence-electron chi connectivity index (χ2n) is 4.78. The molecule has 0 aromatic carbocycles. The van der Waals surface area contributed by atoms with Crippen molar-refractivity contribution in [2.45, 2.75) is 32.3 Å². The first-order valence-electron chi connectivity index (χ1n) is 6.40. The van der Waals surface area contributed by atoms with E-state index >= 15 is 0 Å². The zero-order valence-electron chi connectivity index (χ0n) is 10.4. The van der Waals surface area contributed by atoms with Crippen LogP contribution >= 0.6 is 11.3 Å². The number of nitrogens with zero attached hydrogens (tertiary/aromatic N) is 2. The van der Waals surface area contributed by atoms with Gasteiger partial charge in [0, 0.05) is 4.88 Å². The van der Waals surface area contributed by atoms with Gasteiger partial charge in [-0.3, -0.25) is 0 Å². The molecule has 96 valence electrons. The molecule has 18 heavy (non-hydrogen) atoms. The number of ether oxygens (including phenoxy) is 1. The van der Waals surface area contributed by atoms with E-state index < -0.39 is 0 Å². The predicted molar refractivity (Wildman–Crippen MR) is 73.0 cm³/mol. The fourth-order valence-electron chi connectivity index (χ4n) is 2.27. The summed E-state index contributed by atoms with van der Waals surface area (Å²) in [5.41, 5.74) is 5.62. The molecule has 0 unspecified atom stereocenters. The Kier molecular flexibility index (Phi) is 3.18. The maximum Gasteiger partial charge on any atom is 0.225 e. The normalized spacial score (nSPS) is 23.0. The summed E-state index contributed by atoms with van der Waals surface area (Å²) in [6.07, 6.45) is 4.99. The average Bonchev–Trinajstić information content (AvgIpc) is 2.76. The molecule has 0 aliphatic heterocycles. The quantitative estimate of drug-likeness (QED) is 0.920. The van der Waals surface area contributed by atoms with Gasteiger partial charge in [0.1, 0.15) is 17.3 Å². The summed E-state index contributed by atoms with van der Waals surface area (Å²) in [4.78, 5) is 10.9. The van der Waals surface area contributed by atoms with Gasteiger partial charge < -0.3 is 10.5 Å². The van der Waals surface area contributed by atoms with Crippen LogP contribution in [0.2, 0.25) is 0 Å². The minimum atomic E-state index is 0.279. The van der Waals surface area contributed by atoms with Gasteiger partial charge in [-0.1, -0.05) is 6.92 Å². The summed E-state index contributed by atoms with van der Waals surface area (Å²) in [5.74, 6) is 1.36. The molecule has 0 radical (unpaired) electrons. The summed E-state index contributed by atoms with van der Waals surface area (Å²) in [7, 11) is 0. The third kappa shape index (κ3) is 2.08. The van der Waals surface area contributed by atoms with Gasteiger partial charge in [0.2, 0.25) is 5.88 Å². The molecule has 4 nitrogen and oxygen atoms in total. The van der Waals surface area contributed by atoms with Crippen LogP contribution in [0, 0.1) is 5.92 Å². The number of aryl methyl sites for hydroxylation is 1. The largest absolute Gasteiger partial charge is 0.474 e. The SMILES string of the molecule is CCc1cc2c(OC3CC(CN)C3)ncnc2s1. The van der Waals surface area contributed by atoms with Crippen LogP contribution in [0.25, 0.3) is 10.2 Å². The first kappa shape index (κ1) is 11.9. The highest BCUT2D eigenvalue weighted by Gasteiger charge is 2.30. The van der Waals surface area contributed by atoms with Crippen molar-refractivity contribution in [3.63, 3.8) is 0 Å². The number of hydrogen-bond donors (Lipinski definition) is 1. The summed E-state index contributed by atoms with van der Waals surface area (Å²) in [6, 6.07) is 2.15. The first-order chi connectivity index (χ1) is 8.80. The van der Waals surface area contributed by atoms with E-state index in [4.69, 9.17) is 10.5 Å². The predicted octanol–water partition coefficient (Wildman–Crippen LogP) is 2.37. The van der Waals surface area contributed by atoms with Crippen LogP contribution in [0.5, 0.6) is 5.88 Å². The molecule has 5 heteroatoms. The van der Waals surface area contributed by atoms with E-state index in [-0.39, 0.29) is 6.10 Å². The highest BCUT2D eigenvalue weighted by molar-refractivity contribution is 7.18. The van der Waals surface area contributed by atoms with Crippen molar-refractivity contribution >= 4 is 21.6 Å². The van der Waals surface area contributed by atoms with Crippen molar-refractivity contribution in [3.05, 3.63) is 17.3 Å². The van der Waals surface area contributed by atoms with Crippen LogP contribution in [0.1, 0.15) is 24.6 Å². The molecule has 0 saturated heterocycles. The van der Waals surface area contributed by atoms with E-state index in [9.17, 15) is 0 Å². The molecule has 0 spiro atoms. The Balaban J connectivity index is 1.81. The zero-order valence-corrected chi connectivity index (χ0v) is 11.2. The number of fused-ring (bicyclic) bond motifs is 1. The van der Waals surface area contributed by atoms with Crippen molar-refractivity contribution in [3.8, 4) is 5.88 Å². The minimum Gasteiger partial charge on any atom is -0.474 e. The molecule has 1 aliphatic carbocycles. The Bertz CT molecular complexity index is 548. The van der Waals surface area contributed by atoms with E-state index in [0.29, 0.717) is 5.92 Å². The average molecular weight is 263 g/mol. The van der Waals surface area contributed by atoms with E-state index in [2.05, 4.69) is 23.0 Å². The monoisotopic (exact) mass is 263 g/mol. The Morgan fingerprint density at radius 3 is 3.00 bits per heavy atom. The number of thiophene rings is 1. The lowest BCUT2D eigenvalue weighted by Gasteiger charge is -2.34. The molecule has 1 aliphatic rings. The molecule has 1 fully saturated rings. The first-order valence-corrected chi connectivity index (χ1v) is 7.22. The molecule has 2 aromatic rings. The van der Waals surface area contributed by atoms with Crippen LogP contribution in [0.3, 0.4) is 0 Å². The van der Waals surface area contributed by atoms with Crippen molar-refractivity contribution in [2.75, 3.05) is 6.54 Å². The third-order valence-corrected chi connectivity index (χ3v) is 4.68. The van der Waals surface area contributed by atoms with Gasteiger partial charge in [-0.2, -0.15) is 0 Å². The van der Waals surface area contributed by atoms with Gasteiger partial charge in [-0.05, 0) is 37.8 Å². The highest BCUT2D eigenvalue weighted by Crippen LogP contribution is 2.34. The summed E-state index contributed by atoms with van der Waals surface area (Å²) in [6.45, 7) is 2.91. The van der Waals surface area contributed by atoms with Crippen LogP contribution in [-0.4, -0.2) is 22.6 Å². The maximum atomic E-state index is 5.95. The molecule has 2 N–H and O–H groups in total. The van der Waals surface area contributed by atoms with Gasteiger partial charge in [0.25, 0.3) is 0 Å². The molecule has 1 saturated carbocycles. The fourth-order valence-corrected chi connectivity index (χ4v) is 3.20. The molecule has 2 heterocycles. The molecular weight excluding hydrogens is 246 g/mol. The van der Waals surface area contributed by atoms with Gasteiger partial charge >= 0.3 is 0 Å². The Morgan fingerprint density at radius 1 is 1.44 bits per heavy atom. The second kappa shape index (κ2) is 4.82. The maximum absolute atomic E-state index is 5.95. The molecule has 3 rings (SSSR count). The van der Waals surface area contributed by atoms with Crippen LogP contribution < -0.4 is 10.5 Å². The fraction of sp³-hybridized carbons (Fsp3) is 0.538. The smallest absolute Gasteiger partial charge is 0.225 e. The van der Waals surface area contributed by atoms with Crippen LogP contribution in [0.15, 0.2) is 12.4 Å². The molecule has 0 atom stereocenters. The van der Waals surface area contributed by atoms with Gasteiger partial charge in [0.05, 0.1) is 5.39 Å². The van der Waals surface area contributed by atoms with Gasteiger partial charge in [-0.15, -0.1) is 11.3 Å². The van der Waals surface area contributed by atoms with Gasteiger partial charge in [-0.25, -0.2) is 9.97 Å². The number of hydrogen-bond acceptors (Lipinski definition) is 5. The Labute approximate surface area is 110 Å². The lowest BCUT2D eigenvalue weighted by atomic mass is 9.82. The minimum absolute atomic E-state index is 0.279. The van der Waals surface area contributed by atoms with E-state index in [0.717, 1.165) is 41.9 Å². The lowest BCUT2D eigenvalue weighted by Crippen LogP contribution is -2.37. The number of nitrogens with two attached hydrogens (primary N) is 1. The number of rotatable bonds is 4. The third-order valence-electron chi connectivity index (χ3n) is 3.50. The Hall–Kier alpha value is -1.20. The highest BCUT2D eigenvalue weighted by atomic mass is 32.1. The second-order valence-corrected chi connectivity index (χ2v) is 5.89. The van der Waals surface area contributed by atoms with Crippen molar-refractivity contribution in [2.24, 2.45) is 11.7 Å². The number of aromatic nitrogens is 2. The Morgan fingerprint density at radius 2 is 2.28 bits per heavy atom. The molecule has 0 amide bonds. The van der Waals surface area contributed by atoms with E-state index in [1.807, 2.05) is 0 Å². The van der Waals surface area contributed by atoms with E-state index in [1.54, 1.807) is 17.7 Å². The van der Waals surface area contributed by atoms with Crippen LogP contribution in [0.4, 0.5) is 0 Å². The zero-order chi connectivity index (χ0) is 12.5. The van der Waals surface area contributed by atoms with Gasteiger partial charge in [0.15, 0.2) is 0 Å².